The number of benzene rings is 1. The largest absolute Gasteiger partial charge is 0.480 e. The summed E-state index contributed by atoms with van der Waals surface area (Å²) in [4.78, 5) is 13.1. The van der Waals surface area contributed by atoms with E-state index < -0.39 is 12.0 Å². The zero-order valence-electron chi connectivity index (χ0n) is 12.5. The molecule has 1 fully saturated rings. The van der Waals surface area contributed by atoms with Crippen molar-refractivity contribution in [3.8, 4) is 0 Å². The number of carbonyl (C=O) groups is 1. The first-order chi connectivity index (χ1) is 9.61. The number of nitrogens with zero attached hydrogens (tertiary/aromatic N) is 2. The van der Waals surface area contributed by atoms with Crippen LogP contribution in [0.5, 0.6) is 0 Å². The van der Waals surface area contributed by atoms with E-state index in [1.54, 1.807) is 0 Å². The summed E-state index contributed by atoms with van der Waals surface area (Å²) in [5, 5.41) is 10.00. The van der Waals surface area contributed by atoms with Gasteiger partial charge in [-0.15, -0.1) is 46.8 Å². The molecule has 5 nitrogen and oxygen atoms in total. The van der Waals surface area contributed by atoms with Crippen LogP contribution < -0.4 is 5.73 Å². The number of halogens is 4. The van der Waals surface area contributed by atoms with E-state index in [9.17, 15) is 14.4 Å². The summed E-state index contributed by atoms with van der Waals surface area (Å²) >= 11 is 0. The van der Waals surface area contributed by atoms with Crippen LogP contribution in [-0.2, 0) is 11.2 Å². The lowest BCUT2D eigenvalue weighted by molar-refractivity contribution is -0.147. The molecule has 9 heteroatoms. The number of hydrogen-bond acceptors (Lipinski definition) is 4. The number of hydrogen-bond donors (Lipinski definition) is 2. The maximum absolute atomic E-state index is 13.5. The van der Waals surface area contributed by atoms with Gasteiger partial charge in [-0.25, -0.2) is 0 Å². The Labute approximate surface area is 154 Å². The van der Waals surface area contributed by atoms with Gasteiger partial charge in [-0.1, -0.05) is 30.3 Å². The molecule has 0 amide bonds. The van der Waals surface area contributed by atoms with E-state index in [1.807, 2.05) is 35.2 Å². The standard InChI is InChI=1S/C14H20FN3O2.3ClH/c15-17-6-7-18(13(9-16)14(19)20)12(10-17)8-11-4-2-1-3-5-11;;;/h1-5,12-13H,6-10,16H2,(H,19,20);3*1H. The molecule has 1 heterocycles. The zero-order valence-corrected chi connectivity index (χ0v) is 15.0. The van der Waals surface area contributed by atoms with Crippen LogP contribution in [0.3, 0.4) is 0 Å². The molecular formula is C14H23Cl3FN3O2. The maximum Gasteiger partial charge on any atom is 0.322 e. The first-order valence-electron chi connectivity index (χ1n) is 6.75. The van der Waals surface area contributed by atoms with Gasteiger partial charge >= 0.3 is 5.97 Å². The first kappa shape index (κ1) is 24.6. The third kappa shape index (κ3) is 6.79. The van der Waals surface area contributed by atoms with E-state index >= 15 is 0 Å². The molecule has 0 radical (unpaired) electrons. The number of carboxylic acids is 1. The molecule has 2 rings (SSSR count). The van der Waals surface area contributed by atoms with Crippen LogP contribution in [-0.4, -0.2) is 59.4 Å². The second kappa shape index (κ2) is 11.8. The highest BCUT2D eigenvalue weighted by molar-refractivity contribution is 5.86. The van der Waals surface area contributed by atoms with Gasteiger partial charge < -0.3 is 10.8 Å². The van der Waals surface area contributed by atoms with Gasteiger partial charge in [0.15, 0.2) is 0 Å². The molecule has 1 aliphatic rings. The average Bonchev–Trinajstić information content (AvgIpc) is 2.43. The summed E-state index contributed by atoms with van der Waals surface area (Å²) in [6, 6.07) is 8.77. The highest BCUT2D eigenvalue weighted by Gasteiger charge is 2.35. The molecule has 3 N–H and O–H groups in total. The monoisotopic (exact) mass is 389 g/mol. The number of aliphatic carboxylic acids is 1. The van der Waals surface area contributed by atoms with Gasteiger partial charge in [0.25, 0.3) is 0 Å². The maximum atomic E-state index is 13.5. The molecule has 1 saturated heterocycles. The fourth-order valence-electron chi connectivity index (χ4n) is 2.69. The Morgan fingerprint density at radius 1 is 1.26 bits per heavy atom. The smallest absolute Gasteiger partial charge is 0.322 e. The summed E-state index contributed by atoms with van der Waals surface area (Å²) < 4.78 is 13.5. The second-order valence-corrected chi connectivity index (χ2v) is 5.04. The van der Waals surface area contributed by atoms with E-state index in [0.717, 1.165) is 10.7 Å². The number of rotatable bonds is 5. The molecule has 2 unspecified atom stereocenters. The van der Waals surface area contributed by atoms with Crippen LogP contribution in [0.4, 0.5) is 4.48 Å². The van der Waals surface area contributed by atoms with Gasteiger partial charge in [0, 0.05) is 32.2 Å². The number of nitrogens with two attached hydrogens (primary N) is 1. The van der Waals surface area contributed by atoms with Gasteiger partial charge in [0.2, 0.25) is 0 Å². The fraction of sp³-hybridized carbons (Fsp3) is 0.500. The van der Waals surface area contributed by atoms with Gasteiger partial charge in [-0.05, 0) is 12.0 Å². The summed E-state index contributed by atoms with van der Waals surface area (Å²) in [5.41, 5.74) is 6.63. The molecular weight excluding hydrogens is 368 g/mol. The molecule has 23 heavy (non-hydrogen) atoms. The van der Waals surface area contributed by atoms with Gasteiger partial charge in [-0.3, -0.25) is 9.69 Å². The summed E-state index contributed by atoms with van der Waals surface area (Å²) in [7, 11) is 0. The molecule has 0 saturated carbocycles. The van der Waals surface area contributed by atoms with Crippen LogP contribution in [0.15, 0.2) is 30.3 Å². The summed E-state index contributed by atoms with van der Waals surface area (Å²) in [5.74, 6) is -0.946. The Hall–Kier alpha value is -0.630. The normalized spacial score (nSPS) is 19.7. The molecule has 1 aromatic carbocycles. The lowest BCUT2D eigenvalue weighted by atomic mass is 10.0. The van der Waals surface area contributed by atoms with E-state index in [0.29, 0.717) is 13.0 Å². The zero-order chi connectivity index (χ0) is 14.5. The lowest BCUT2D eigenvalue weighted by Crippen LogP contribution is -2.59. The van der Waals surface area contributed by atoms with E-state index in [4.69, 9.17) is 5.73 Å². The van der Waals surface area contributed by atoms with Gasteiger partial charge in [-0.2, -0.15) is 0 Å². The Bertz CT molecular complexity index is 456. The SMILES string of the molecule is Cl.Cl.Cl.NCC(C(=O)O)N1CCN(F)CC1Cc1ccccc1. The van der Waals surface area contributed by atoms with Crippen molar-refractivity contribution in [3.63, 3.8) is 0 Å². The molecule has 0 aromatic heterocycles. The number of carboxylic acid groups (broad SMARTS) is 1. The van der Waals surface area contributed by atoms with E-state index in [-0.39, 0.29) is 62.9 Å². The van der Waals surface area contributed by atoms with Crippen molar-refractivity contribution >= 4 is 43.2 Å². The molecule has 1 aromatic rings. The highest BCUT2D eigenvalue weighted by atomic mass is 35.5. The van der Waals surface area contributed by atoms with Gasteiger partial charge in [0.1, 0.15) is 6.04 Å². The third-order valence-electron chi connectivity index (χ3n) is 3.70. The second-order valence-electron chi connectivity index (χ2n) is 5.04. The van der Waals surface area contributed by atoms with Crippen LogP contribution in [0.1, 0.15) is 5.56 Å². The van der Waals surface area contributed by atoms with Crippen molar-refractivity contribution in [1.29, 1.82) is 0 Å². The van der Waals surface area contributed by atoms with Crippen molar-refractivity contribution in [2.45, 2.75) is 18.5 Å². The van der Waals surface area contributed by atoms with Crippen molar-refractivity contribution in [1.82, 2.24) is 10.0 Å². The Morgan fingerprint density at radius 2 is 1.87 bits per heavy atom. The van der Waals surface area contributed by atoms with Crippen LogP contribution >= 0.6 is 37.2 Å². The minimum atomic E-state index is -0.946. The third-order valence-corrected chi connectivity index (χ3v) is 3.70. The van der Waals surface area contributed by atoms with Crippen LogP contribution in [0.2, 0.25) is 0 Å². The van der Waals surface area contributed by atoms with E-state index in [1.165, 1.54) is 0 Å². The Morgan fingerprint density at radius 3 is 2.39 bits per heavy atom. The van der Waals surface area contributed by atoms with Crippen molar-refractivity contribution in [2.24, 2.45) is 5.73 Å². The fourth-order valence-corrected chi connectivity index (χ4v) is 2.69. The molecule has 0 aliphatic carbocycles. The minimum Gasteiger partial charge on any atom is -0.480 e. The summed E-state index contributed by atoms with van der Waals surface area (Å²) in [6.45, 7) is 0.836. The van der Waals surface area contributed by atoms with Crippen molar-refractivity contribution in [3.05, 3.63) is 35.9 Å². The van der Waals surface area contributed by atoms with Crippen molar-refractivity contribution in [2.75, 3.05) is 26.2 Å². The molecule has 0 spiro atoms. The number of piperazine rings is 1. The topological polar surface area (TPSA) is 69.8 Å². The lowest BCUT2D eigenvalue weighted by Gasteiger charge is -2.41. The quantitative estimate of drug-likeness (QED) is 0.750. The van der Waals surface area contributed by atoms with Crippen molar-refractivity contribution < 1.29 is 14.4 Å². The van der Waals surface area contributed by atoms with Crippen LogP contribution in [0.25, 0.3) is 0 Å². The van der Waals surface area contributed by atoms with Crippen LogP contribution in [0, 0.1) is 0 Å². The average molecular weight is 391 g/mol. The predicted molar refractivity (Wildman–Crippen MR) is 95.5 cm³/mol. The molecule has 1 aliphatic heterocycles. The van der Waals surface area contributed by atoms with Gasteiger partial charge in [0.05, 0.1) is 0 Å². The highest BCUT2D eigenvalue weighted by Crippen LogP contribution is 2.18. The van der Waals surface area contributed by atoms with E-state index in [2.05, 4.69) is 0 Å². The molecule has 0 bridgehead atoms. The Kier molecular flexibility index (Phi) is 12.7. The Balaban J connectivity index is 0. The first-order valence-corrected chi connectivity index (χ1v) is 6.75. The summed E-state index contributed by atoms with van der Waals surface area (Å²) in [6.07, 6.45) is 0.616. The molecule has 2 atom stereocenters. The predicted octanol–water partition coefficient (Wildman–Crippen LogP) is 1.78. The minimum absolute atomic E-state index is 0. The molecule has 134 valence electrons.